The fourth-order valence-corrected chi connectivity index (χ4v) is 11.6. The van der Waals surface area contributed by atoms with Crippen LogP contribution in [-0.4, -0.2) is 43.9 Å². The second kappa shape index (κ2) is 12.8. The Morgan fingerprint density at radius 2 is 0.836 bits per heavy atom. The molecule has 2 aromatic heterocycles. The van der Waals surface area contributed by atoms with Gasteiger partial charge < -0.3 is 9.47 Å². The lowest BCUT2D eigenvalue weighted by atomic mass is 9.89. The molecule has 0 fully saturated rings. The third kappa shape index (κ3) is 4.82. The smallest absolute Gasteiger partial charge is 0.380 e. The van der Waals surface area contributed by atoms with E-state index in [1.54, 1.807) is 36.4 Å². The van der Waals surface area contributed by atoms with Crippen LogP contribution >= 0.6 is 22.7 Å². The fraction of sp³-hybridized carbons (Fsp3) is 0.102. The summed E-state index contributed by atoms with van der Waals surface area (Å²) in [4.78, 5) is 26.3. The third-order valence-corrected chi connectivity index (χ3v) is 14.1. The lowest BCUT2D eigenvalue weighted by molar-refractivity contribution is -0.254. The maximum atomic E-state index is 16.5. The number of alkyl halides is 6. The SMILES string of the molecule is COC(=O)c1cc2ccc3c(C4=C(c5csc6c5ccc5cc(C(=O)OC)c7c8ccccc8ccc7c56)C(F)(F)C(F)(F)C4(F)F)csc3c2c2ccc3ccccc3c12. The van der Waals surface area contributed by atoms with Gasteiger partial charge in [-0.05, 0) is 66.0 Å². The van der Waals surface area contributed by atoms with Gasteiger partial charge in [-0.15, -0.1) is 22.7 Å². The summed E-state index contributed by atoms with van der Waals surface area (Å²) in [6.07, 6.45) is 0. The molecule has 0 spiro atoms. The van der Waals surface area contributed by atoms with Crippen molar-refractivity contribution in [3.63, 3.8) is 0 Å². The molecule has 1 aliphatic rings. The molecule has 0 atom stereocenters. The van der Waals surface area contributed by atoms with Gasteiger partial charge in [-0.2, -0.15) is 26.3 Å². The molecule has 0 unspecified atom stereocenters. The molecule has 300 valence electrons. The molecule has 12 heteroatoms. The number of allylic oxidation sites excluding steroid dienone is 2. The second-order valence-corrected chi connectivity index (χ2v) is 16.9. The number of carbonyl (C=O) groups excluding carboxylic acids is 2. The van der Waals surface area contributed by atoms with Crippen molar-refractivity contribution in [2.24, 2.45) is 0 Å². The molecule has 61 heavy (non-hydrogen) atoms. The molecule has 10 aromatic rings. The van der Waals surface area contributed by atoms with E-state index in [4.69, 9.17) is 9.47 Å². The van der Waals surface area contributed by atoms with Gasteiger partial charge >= 0.3 is 29.7 Å². The van der Waals surface area contributed by atoms with Crippen molar-refractivity contribution < 1.29 is 45.4 Å². The predicted molar refractivity (Wildman–Crippen MR) is 233 cm³/mol. The maximum Gasteiger partial charge on any atom is 0.380 e. The van der Waals surface area contributed by atoms with Gasteiger partial charge in [0.2, 0.25) is 0 Å². The molecule has 0 aliphatic heterocycles. The molecule has 0 amide bonds. The lowest BCUT2D eigenvalue weighted by Crippen LogP contribution is -2.48. The first-order valence-corrected chi connectivity index (χ1v) is 20.7. The minimum Gasteiger partial charge on any atom is -0.465 e. The molecule has 0 N–H and O–H groups in total. The first-order chi connectivity index (χ1) is 29.3. The summed E-state index contributed by atoms with van der Waals surface area (Å²) in [6, 6.07) is 31.4. The van der Waals surface area contributed by atoms with E-state index in [-0.39, 0.29) is 21.9 Å². The number of hydrogen-bond donors (Lipinski definition) is 0. The number of carbonyl (C=O) groups is 2. The number of rotatable bonds is 4. The van der Waals surface area contributed by atoms with Gasteiger partial charge in [-0.25, -0.2) is 9.59 Å². The average Bonchev–Trinajstić information content (AvgIpc) is 3.92. The van der Waals surface area contributed by atoms with Crippen molar-refractivity contribution in [2.45, 2.75) is 17.8 Å². The molecular weight excluding hydrogens is 831 g/mol. The Bertz CT molecular complexity index is 3420. The van der Waals surface area contributed by atoms with Crippen molar-refractivity contribution >= 4 is 131 Å². The summed E-state index contributed by atoms with van der Waals surface area (Å²) in [5, 5.41) is 10.1. The van der Waals surface area contributed by atoms with Gasteiger partial charge in [0.05, 0.1) is 25.3 Å². The first-order valence-electron chi connectivity index (χ1n) is 18.9. The number of benzene rings is 8. The number of ether oxygens (including phenoxy) is 2. The van der Waals surface area contributed by atoms with E-state index < -0.39 is 52.0 Å². The third-order valence-electron chi connectivity index (χ3n) is 12.1. The standard InChI is InChI=1S/C49H26F6O4S2/c1-58-45(56)33-19-25-13-15-29-35(21-60-43(29)37(25)31-17-11-23-7-3-5-9-27(23)39(31)33)41-42(48(52,53)49(54,55)47(41,50)51)36-22-61-44-30(36)16-14-26-20-34(46(57)59-2)40-28-10-6-4-8-24(28)12-18-32(40)38(26)44/h3-22H,1-2H3. The van der Waals surface area contributed by atoms with E-state index in [2.05, 4.69) is 0 Å². The number of fused-ring (bicyclic) bond motifs is 14. The molecule has 1 aliphatic carbocycles. The Morgan fingerprint density at radius 1 is 0.459 bits per heavy atom. The van der Waals surface area contributed by atoms with Gasteiger partial charge in [0.25, 0.3) is 0 Å². The molecule has 0 saturated carbocycles. The Hall–Kier alpha value is -6.50. The normalized spacial score (nSPS) is 16.0. The topological polar surface area (TPSA) is 52.6 Å². The Morgan fingerprint density at radius 3 is 1.25 bits per heavy atom. The summed E-state index contributed by atoms with van der Waals surface area (Å²) >= 11 is 1.95. The van der Waals surface area contributed by atoms with Crippen LogP contribution in [0.15, 0.2) is 120 Å². The molecule has 0 saturated heterocycles. The summed E-state index contributed by atoms with van der Waals surface area (Å²) in [5.41, 5.74) is -3.25. The highest BCUT2D eigenvalue weighted by atomic mass is 32.1. The van der Waals surface area contributed by atoms with Gasteiger partial charge in [0.1, 0.15) is 0 Å². The predicted octanol–water partition coefficient (Wildman–Crippen LogP) is 14.4. The Kier molecular flexibility index (Phi) is 7.84. The van der Waals surface area contributed by atoms with Crippen molar-refractivity contribution in [3.8, 4) is 0 Å². The van der Waals surface area contributed by atoms with E-state index in [0.717, 1.165) is 44.2 Å². The zero-order valence-electron chi connectivity index (χ0n) is 31.8. The first kappa shape index (κ1) is 37.5. The van der Waals surface area contributed by atoms with Crippen LogP contribution < -0.4 is 0 Å². The number of halogens is 6. The fourth-order valence-electron chi connectivity index (χ4n) is 9.38. The van der Waals surface area contributed by atoms with E-state index in [1.807, 2.05) is 60.7 Å². The monoisotopic (exact) mass is 856 g/mol. The van der Waals surface area contributed by atoms with Gasteiger partial charge in [0, 0.05) is 64.0 Å². The maximum absolute atomic E-state index is 16.5. The number of esters is 2. The van der Waals surface area contributed by atoms with Gasteiger partial charge in [0.15, 0.2) is 0 Å². The zero-order valence-corrected chi connectivity index (χ0v) is 33.4. The van der Waals surface area contributed by atoms with Crippen LogP contribution in [0.2, 0.25) is 0 Å². The van der Waals surface area contributed by atoms with Crippen LogP contribution in [0.4, 0.5) is 26.3 Å². The largest absolute Gasteiger partial charge is 0.465 e. The summed E-state index contributed by atoms with van der Waals surface area (Å²) in [5.74, 6) is -17.6. The van der Waals surface area contributed by atoms with Crippen molar-refractivity contribution in [1.29, 1.82) is 0 Å². The summed E-state index contributed by atoms with van der Waals surface area (Å²) in [7, 11) is 2.53. The molecule has 11 rings (SSSR count). The van der Waals surface area contributed by atoms with E-state index in [9.17, 15) is 9.59 Å². The summed E-state index contributed by atoms with van der Waals surface area (Å²) in [6.45, 7) is 0. The van der Waals surface area contributed by atoms with Gasteiger partial charge in [-0.3, -0.25) is 0 Å². The molecule has 8 aromatic carbocycles. The molecular formula is C49H26F6O4S2. The Balaban J connectivity index is 1.22. The van der Waals surface area contributed by atoms with Crippen LogP contribution in [0, 0.1) is 0 Å². The van der Waals surface area contributed by atoms with E-state index in [1.165, 1.54) is 37.1 Å². The highest BCUT2D eigenvalue weighted by molar-refractivity contribution is 7.19. The van der Waals surface area contributed by atoms with Gasteiger partial charge in [-0.1, -0.05) is 97.1 Å². The van der Waals surface area contributed by atoms with E-state index in [0.29, 0.717) is 52.5 Å². The van der Waals surface area contributed by atoms with Crippen LogP contribution in [0.1, 0.15) is 31.8 Å². The molecule has 0 radical (unpaired) electrons. The second-order valence-electron chi connectivity index (χ2n) is 15.1. The highest BCUT2D eigenvalue weighted by Gasteiger charge is 2.80. The lowest BCUT2D eigenvalue weighted by Gasteiger charge is -2.25. The summed E-state index contributed by atoms with van der Waals surface area (Å²) < 4.78 is 109. The molecule has 4 nitrogen and oxygen atoms in total. The van der Waals surface area contributed by atoms with Crippen molar-refractivity contribution in [1.82, 2.24) is 0 Å². The van der Waals surface area contributed by atoms with Crippen molar-refractivity contribution in [2.75, 3.05) is 14.2 Å². The highest BCUT2D eigenvalue weighted by Crippen LogP contribution is 2.66. The number of methoxy groups -OCH3 is 2. The minimum absolute atomic E-state index is 0.0802. The molecule has 0 bridgehead atoms. The number of hydrogen-bond acceptors (Lipinski definition) is 6. The molecule has 2 heterocycles. The average molecular weight is 857 g/mol. The van der Waals surface area contributed by atoms with Crippen LogP contribution in [0.3, 0.4) is 0 Å². The van der Waals surface area contributed by atoms with Crippen molar-refractivity contribution in [3.05, 3.63) is 142 Å². The Labute approximate surface area is 348 Å². The zero-order chi connectivity index (χ0) is 42.3. The minimum atomic E-state index is -5.79. The van der Waals surface area contributed by atoms with Crippen LogP contribution in [0.5, 0.6) is 0 Å². The van der Waals surface area contributed by atoms with Crippen LogP contribution in [-0.2, 0) is 9.47 Å². The number of thiophene rings is 2. The van der Waals surface area contributed by atoms with E-state index >= 15 is 26.3 Å². The van der Waals surface area contributed by atoms with Crippen LogP contribution in [0.25, 0.3) is 96.0 Å². The quantitative estimate of drug-likeness (QED) is 0.101.